The molecule has 2 N–H and O–H groups in total. The molecule has 0 atom stereocenters. The summed E-state index contributed by atoms with van der Waals surface area (Å²) in [7, 11) is 1.63. The van der Waals surface area contributed by atoms with Gasteiger partial charge in [-0.05, 0) is 42.0 Å². The van der Waals surface area contributed by atoms with Crippen molar-refractivity contribution in [3.63, 3.8) is 0 Å². The minimum Gasteiger partial charge on any atom is -0.497 e. The summed E-state index contributed by atoms with van der Waals surface area (Å²) in [5.74, 6) is 1.84. The van der Waals surface area contributed by atoms with Crippen molar-refractivity contribution < 1.29 is 4.74 Å². The quantitative estimate of drug-likeness (QED) is 0.708. The summed E-state index contributed by atoms with van der Waals surface area (Å²) >= 11 is 5.88. The standard InChI is InChI=1S/C17H16ClN5O/c1-24-15-8-6-14(7-9-15)21-17-22-16(11-20-23-17)19-10-12-2-4-13(18)5-3-12/h2-9,11H,10H2,1H3,(H2,19,21,22,23). The molecule has 0 aliphatic rings. The zero-order valence-corrected chi connectivity index (χ0v) is 13.8. The van der Waals surface area contributed by atoms with E-state index in [0.717, 1.165) is 17.0 Å². The number of benzene rings is 2. The molecule has 2 aromatic carbocycles. The minimum atomic E-state index is 0.418. The highest BCUT2D eigenvalue weighted by molar-refractivity contribution is 6.30. The molecule has 3 aromatic rings. The average Bonchev–Trinajstić information content (AvgIpc) is 2.62. The smallest absolute Gasteiger partial charge is 0.249 e. The van der Waals surface area contributed by atoms with E-state index in [1.165, 1.54) is 0 Å². The minimum absolute atomic E-state index is 0.418. The van der Waals surface area contributed by atoms with Gasteiger partial charge in [0.1, 0.15) is 5.75 Å². The Hall–Kier alpha value is -2.86. The van der Waals surface area contributed by atoms with Gasteiger partial charge in [-0.1, -0.05) is 23.7 Å². The number of ether oxygens (including phenoxy) is 1. The van der Waals surface area contributed by atoms with Crippen molar-refractivity contribution in [3.8, 4) is 5.75 Å². The number of methoxy groups -OCH3 is 1. The van der Waals surface area contributed by atoms with Crippen LogP contribution in [0.15, 0.2) is 54.7 Å². The van der Waals surface area contributed by atoms with Crippen molar-refractivity contribution >= 4 is 29.1 Å². The third-order valence-corrected chi connectivity index (χ3v) is 3.54. The molecule has 0 unspecified atom stereocenters. The fourth-order valence-electron chi connectivity index (χ4n) is 2.04. The zero-order valence-electron chi connectivity index (χ0n) is 13.0. The molecule has 122 valence electrons. The van der Waals surface area contributed by atoms with Crippen molar-refractivity contribution in [2.24, 2.45) is 0 Å². The predicted molar refractivity (Wildman–Crippen MR) is 94.9 cm³/mol. The van der Waals surface area contributed by atoms with Gasteiger partial charge >= 0.3 is 0 Å². The van der Waals surface area contributed by atoms with E-state index in [1.54, 1.807) is 13.3 Å². The van der Waals surface area contributed by atoms with E-state index in [9.17, 15) is 0 Å². The van der Waals surface area contributed by atoms with Gasteiger partial charge < -0.3 is 15.4 Å². The van der Waals surface area contributed by atoms with Gasteiger partial charge in [-0.25, -0.2) is 0 Å². The first kappa shape index (κ1) is 16.0. The van der Waals surface area contributed by atoms with Gasteiger partial charge in [0, 0.05) is 17.3 Å². The molecule has 0 bridgehead atoms. The third kappa shape index (κ3) is 4.33. The summed E-state index contributed by atoms with van der Waals surface area (Å²) in [5, 5.41) is 15.0. The Labute approximate surface area is 144 Å². The van der Waals surface area contributed by atoms with Gasteiger partial charge in [0.15, 0.2) is 5.82 Å². The van der Waals surface area contributed by atoms with Crippen LogP contribution in [0.4, 0.5) is 17.5 Å². The molecule has 1 aromatic heterocycles. The molecule has 6 nitrogen and oxygen atoms in total. The van der Waals surface area contributed by atoms with Crippen LogP contribution in [-0.4, -0.2) is 22.3 Å². The van der Waals surface area contributed by atoms with E-state index < -0.39 is 0 Å². The van der Waals surface area contributed by atoms with E-state index in [-0.39, 0.29) is 0 Å². The molecule has 0 amide bonds. The van der Waals surface area contributed by atoms with Crippen molar-refractivity contribution in [1.29, 1.82) is 0 Å². The number of nitrogens with one attached hydrogen (secondary N) is 2. The molecular weight excluding hydrogens is 326 g/mol. The number of halogens is 1. The highest BCUT2D eigenvalue weighted by Crippen LogP contribution is 2.18. The van der Waals surface area contributed by atoms with Crippen LogP contribution in [-0.2, 0) is 6.54 Å². The summed E-state index contributed by atoms with van der Waals surface area (Å²) in [6, 6.07) is 15.1. The number of nitrogens with zero attached hydrogens (tertiary/aromatic N) is 3. The summed E-state index contributed by atoms with van der Waals surface area (Å²) in [5.41, 5.74) is 1.95. The van der Waals surface area contributed by atoms with E-state index >= 15 is 0 Å². The molecule has 0 saturated heterocycles. The normalized spacial score (nSPS) is 10.2. The maximum atomic E-state index is 5.88. The lowest BCUT2D eigenvalue weighted by Gasteiger charge is -2.08. The number of hydrogen-bond donors (Lipinski definition) is 2. The SMILES string of the molecule is COc1ccc(Nc2nncc(NCc3ccc(Cl)cc3)n2)cc1. The zero-order chi connectivity index (χ0) is 16.8. The highest BCUT2D eigenvalue weighted by Gasteiger charge is 2.02. The molecule has 0 aliphatic carbocycles. The fourth-order valence-corrected chi connectivity index (χ4v) is 2.17. The third-order valence-electron chi connectivity index (χ3n) is 3.29. The van der Waals surface area contributed by atoms with Crippen LogP contribution >= 0.6 is 11.6 Å². The molecule has 0 fully saturated rings. The van der Waals surface area contributed by atoms with Gasteiger partial charge in [-0.2, -0.15) is 10.1 Å². The Morgan fingerprint density at radius 2 is 1.79 bits per heavy atom. The molecule has 7 heteroatoms. The Balaban J connectivity index is 1.63. The predicted octanol–water partition coefficient (Wildman–Crippen LogP) is 3.89. The molecule has 1 heterocycles. The van der Waals surface area contributed by atoms with Gasteiger partial charge in [-0.15, -0.1) is 5.10 Å². The van der Waals surface area contributed by atoms with Crippen molar-refractivity contribution in [2.75, 3.05) is 17.7 Å². The largest absolute Gasteiger partial charge is 0.497 e. The molecular formula is C17H16ClN5O. The van der Waals surface area contributed by atoms with Crippen LogP contribution in [0.1, 0.15) is 5.56 Å². The Kier molecular flexibility index (Phi) is 5.08. The van der Waals surface area contributed by atoms with Crippen molar-refractivity contribution in [2.45, 2.75) is 6.54 Å². The second-order valence-electron chi connectivity index (χ2n) is 5.00. The monoisotopic (exact) mass is 341 g/mol. The molecule has 3 rings (SSSR count). The van der Waals surface area contributed by atoms with Crippen LogP contribution in [0.25, 0.3) is 0 Å². The highest BCUT2D eigenvalue weighted by atomic mass is 35.5. The molecule has 0 spiro atoms. The second-order valence-corrected chi connectivity index (χ2v) is 5.44. The first-order valence-corrected chi connectivity index (χ1v) is 7.70. The van der Waals surface area contributed by atoms with Crippen LogP contribution in [0.2, 0.25) is 5.02 Å². The van der Waals surface area contributed by atoms with E-state index in [4.69, 9.17) is 16.3 Å². The second kappa shape index (κ2) is 7.61. The number of hydrogen-bond acceptors (Lipinski definition) is 6. The van der Waals surface area contributed by atoms with Crippen LogP contribution in [0, 0.1) is 0 Å². The number of rotatable bonds is 6. The maximum absolute atomic E-state index is 5.88. The van der Waals surface area contributed by atoms with Crippen molar-refractivity contribution in [3.05, 3.63) is 65.3 Å². The van der Waals surface area contributed by atoms with Gasteiger partial charge in [0.25, 0.3) is 0 Å². The summed E-state index contributed by atoms with van der Waals surface area (Å²) < 4.78 is 5.13. The number of anilines is 3. The van der Waals surface area contributed by atoms with E-state index in [2.05, 4.69) is 25.8 Å². The fraction of sp³-hybridized carbons (Fsp3) is 0.118. The summed E-state index contributed by atoms with van der Waals surface area (Å²) in [4.78, 5) is 4.39. The average molecular weight is 342 g/mol. The first-order valence-electron chi connectivity index (χ1n) is 7.32. The molecule has 0 saturated carbocycles. The Morgan fingerprint density at radius 3 is 2.50 bits per heavy atom. The lowest BCUT2D eigenvalue weighted by atomic mass is 10.2. The van der Waals surface area contributed by atoms with E-state index in [1.807, 2.05) is 48.5 Å². The van der Waals surface area contributed by atoms with E-state index in [0.29, 0.717) is 23.3 Å². The summed E-state index contributed by atoms with van der Waals surface area (Å²) in [6.07, 6.45) is 1.58. The van der Waals surface area contributed by atoms with Gasteiger partial charge in [0.05, 0.1) is 13.3 Å². The first-order chi connectivity index (χ1) is 11.7. The van der Waals surface area contributed by atoms with Gasteiger partial charge in [0.2, 0.25) is 5.95 Å². The lowest BCUT2D eigenvalue weighted by Crippen LogP contribution is -2.05. The summed E-state index contributed by atoms with van der Waals surface area (Å²) in [6.45, 7) is 0.623. The van der Waals surface area contributed by atoms with Gasteiger partial charge in [-0.3, -0.25) is 0 Å². The maximum Gasteiger partial charge on any atom is 0.249 e. The molecule has 0 radical (unpaired) electrons. The topological polar surface area (TPSA) is 72.0 Å². The number of aromatic nitrogens is 3. The van der Waals surface area contributed by atoms with Crippen LogP contribution in [0.3, 0.4) is 0 Å². The Bertz CT molecular complexity index is 793. The van der Waals surface area contributed by atoms with Crippen LogP contribution < -0.4 is 15.4 Å². The van der Waals surface area contributed by atoms with Crippen molar-refractivity contribution in [1.82, 2.24) is 15.2 Å². The molecule has 24 heavy (non-hydrogen) atoms. The lowest BCUT2D eigenvalue weighted by molar-refractivity contribution is 0.415. The Morgan fingerprint density at radius 1 is 1.04 bits per heavy atom. The van der Waals surface area contributed by atoms with Crippen LogP contribution in [0.5, 0.6) is 5.75 Å². The molecule has 0 aliphatic heterocycles.